The molecule has 0 aliphatic rings. The number of alkyl halides is 3. The van der Waals surface area contributed by atoms with Gasteiger partial charge < -0.3 is 10.6 Å². The Bertz CT molecular complexity index is 446. The Morgan fingerprint density at radius 3 is 2.35 bits per heavy atom. The molecule has 6 heteroatoms. The third-order valence-corrected chi connectivity index (χ3v) is 2.90. The first-order chi connectivity index (χ1) is 9.37. The van der Waals surface area contributed by atoms with E-state index in [0.29, 0.717) is 12.0 Å². The van der Waals surface area contributed by atoms with Gasteiger partial charge in [-0.15, -0.1) is 0 Å². The summed E-state index contributed by atoms with van der Waals surface area (Å²) in [5.74, 6) is -0.523. The summed E-state index contributed by atoms with van der Waals surface area (Å²) < 4.78 is 37.4. The number of amides is 1. The van der Waals surface area contributed by atoms with E-state index in [-0.39, 0.29) is 19.5 Å². The zero-order valence-corrected chi connectivity index (χ0v) is 11.4. The lowest BCUT2D eigenvalue weighted by Gasteiger charge is -2.24. The highest BCUT2D eigenvalue weighted by atomic mass is 19.4. The normalized spacial score (nSPS) is 11.4. The Morgan fingerprint density at radius 2 is 1.85 bits per heavy atom. The fourth-order valence-corrected chi connectivity index (χ4v) is 1.98. The lowest BCUT2D eigenvalue weighted by Crippen LogP contribution is -2.40. The Labute approximate surface area is 116 Å². The number of hydrogen-bond donors (Lipinski definition) is 1. The summed E-state index contributed by atoms with van der Waals surface area (Å²) in [5, 5.41) is 0. The molecule has 1 amide bonds. The molecule has 3 nitrogen and oxygen atoms in total. The minimum absolute atomic E-state index is 0.0521. The van der Waals surface area contributed by atoms with Crippen molar-refractivity contribution in [3.8, 4) is 0 Å². The van der Waals surface area contributed by atoms with E-state index in [0.717, 1.165) is 10.5 Å². The third kappa shape index (κ3) is 5.21. The molecule has 0 saturated carbocycles. The highest BCUT2D eigenvalue weighted by Gasteiger charge is 2.32. The first-order valence-electron chi connectivity index (χ1n) is 6.48. The summed E-state index contributed by atoms with van der Waals surface area (Å²) >= 11 is 0. The smallest absolute Gasteiger partial charge is 0.333 e. The second-order valence-electron chi connectivity index (χ2n) is 4.58. The van der Waals surface area contributed by atoms with Gasteiger partial charge in [0.15, 0.2) is 0 Å². The number of nitrogens with two attached hydrogens (primary N) is 1. The number of carbonyl (C=O) groups is 1. The molecule has 0 fully saturated rings. The number of benzene rings is 1. The van der Waals surface area contributed by atoms with Crippen LogP contribution in [0.15, 0.2) is 24.3 Å². The van der Waals surface area contributed by atoms with Crippen LogP contribution in [0.25, 0.3) is 0 Å². The van der Waals surface area contributed by atoms with Crippen molar-refractivity contribution in [2.24, 2.45) is 5.73 Å². The molecular formula is C14H19F3N2O. The van der Waals surface area contributed by atoms with Crippen LogP contribution in [0.1, 0.15) is 24.5 Å². The molecule has 20 heavy (non-hydrogen) atoms. The predicted octanol–water partition coefficient (Wildman–Crippen LogP) is 2.49. The maximum atomic E-state index is 12.5. The van der Waals surface area contributed by atoms with Crippen LogP contribution in [-0.2, 0) is 17.8 Å². The molecule has 0 heterocycles. The van der Waals surface area contributed by atoms with E-state index in [1.54, 1.807) is 31.2 Å². The van der Waals surface area contributed by atoms with Gasteiger partial charge in [-0.3, -0.25) is 4.79 Å². The zero-order valence-electron chi connectivity index (χ0n) is 11.4. The molecule has 0 radical (unpaired) electrons. The summed E-state index contributed by atoms with van der Waals surface area (Å²) in [6.45, 7) is 0.897. The van der Waals surface area contributed by atoms with E-state index in [1.807, 2.05) is 0 Å². The van der Waals surface area contributed by atoms with Gasteiger partial charge in [-0.05, 0) is 17.5 Å². The van der Waals surface area contributed by atoms with Crippen LogP contribution < -0.4 is 5.73 Å². The molecule has 0 unspecified atom stereocenters. The van der Waals surface area contributed by atoms with Crippen LogP contribution in [0.4, 0.5) is 13.2 Å². The van der Waals surface area contributed by atoms with Crippen LogP contribution in [0.2, 0.25) is 0 Å². The van der Waals surface area contributed by atoms with Gasteiger partial charge >= 0.3 is 6.18 Å². The van der Waals surface area contributed by atoms with Gasteiger partial charge in [-0.25, -0.2) is 0 Å². The average Bonchev–Trinajstić information content (AvgIpc) is 2.37. The molecule has 1 aromatic carbocycles. The van der Waals surface area contributed by atoms with Crippen molar-refractivity contribution in [3.05, 3.63) is 35.4 Å². The molecule has 0 bridgehead atoms. The largest absolute Gasteiger partial charge is 0.406 e. The minimum atomic E-state index is -4.38. The monoisotopic (exact) mass is 288 g/mol. The number of carbonyl (C=O) groups excluding carboxylic acids is 1. The standard InChI is InChI=1S/C14H19F3N2O/c1-2-7-19(10-14(15,16)17)13(20)8-11-5-3-4-6-12(11)9-18/h3-6H,2,7-10,18H2,1H3. The first kappa shape index (κ1) is 16.5. The van der Waals surface area contributed by atoms with E-state index in [9.17, 15) is 18.0 Å². The lowest BCUT2D eigenvalue weighted by molar-refractivity contribution is -0.160. The quantitative estimate of drug-likeness (QED) is 0.874. The highest BCUT2D eigenvalue weighted by molar-refractivity contribution is 5.79. The number of nitrogens with zero attached hydrogens (tertiary/aromatic N) is 1. The van der Waals surface area contributed by atoms with Gasteiger partial charge in [0, 0.05) is 13.1 Å². The molecule has 0 saturated heterocycles. The molecular weight excluding hydrogens is 269 g/mol. The summed E-state index contributed by atoms with van der Waals surface area (Å²) in [7, 11) is 0. The van der Waals surface area contributed by atoms with Gasteiger partial charge in [-0.1, -0.05) is 31.2 Å². The van der Waals surface area contributed by atoms with Crippen molar-refractivity contribution in [3.63, 3.8) is 0 Å². The molecule has 0 atom stereocenters. The van der Waals surface area contributed by atoms with Crippen molar-refractivity contribution >= 4 is 5.91 Å². The van der Waals surface area contributed by atoms with E-state index in [4.69, 9.17) is 5.73 Å². The van der Waals surface area contributed by atoms with Gasteiger partial charge in [0.05, 0.1) is 6.42 Å². The van der Waals surface area contributed by atoms with Gasteiger partial charge in [0.25, 0.3) is 0 Å². The predicted molar refractivity (Wildman–Crippen MR) is 71.0 cm³/mol. The fourth-order valence-electron chi connectivity index (χ4n) is 1.98. The first-order valence-corrected chi connectivity index (χ1v) is 6.48. The van der Waals surface area contributed by atoms with Crippen molar-refractivity contribution in [1.82, 2.24) is 4.90 Å². The minimum Gasteiger partial charge on any atom is -0.333 e. The van der Waals surface area contributed by atoms with Crippen molar-refractivity contribution < 1.29 is 18.0 Å². The molecule has 2 N–H and O–H groups in total. The second kappa shape index (κ2) is 7.28. The summed E-state index contributed by atoms with van der Waals surface area (Å²) in [6, 6.07) is 7.03. The molecule has 0 spiro atoms. The van der Waals surface area contributed by atoms with Crippen LogP contribution in [0, 0.1) is 0 Å². The van der Waals surface area contributed by atoms with Gasteiger partial charge in [-0.2, -0.15) is 13.2 Å². The molecule has 1 aromatic rings. The van der Waals surface area contributed by atoms with Crippen molar-refractivity contribution in [2.75, 3.05) is 13.1 Å². The molecule has 1 rings (SSSR count). The Hall–Kier alpha value is -1.56. The average molecular weight is 288 g/mol. The van der Waals surface area contributed by atoms with E-state index < -0.39 is 18.6 Å². The Morgan fingerprint density at radius 1 is 1.25 bits per heavy atom. The number of rotatable bonds is 6. The van der Waals surface area contributed by atoms with Crippen LogP contribution >= 0.6 is 0 Å². The molecule has 0 aromatic heterocycles. The van der Waals surface area contributed by atoms with E-state index in [2.05, 4.69) is 0 Å². The third-order valence-electron chi connectivity index (χ3n) is 2.90. The SMILES string of the molecule is CCCN(CC(F)(F)F)C(=O)Cc1ccccc1CN. The molecule has 112 valence electrons. The molecule has 0 aliphatic heterocycles. The maximum Gasteiger partial charge on any atom is 0.406 e. The summed E-state index contributed by atoms with van der Waals surface area (Å²) in [6.07, 6.45) is -3.94. The number of hydrogen-bond acceptors (Lipinski definition) is 2. The molecule has 0 aliphatic carbocycles. The summed E-state index contributed by atoms with van der Waals surface area (Å²) in [4.78, 5) is 12.9. The highest BCUT2D eigenvalue weighted by Crippen LogP contribution is 2.18. The second-order valence-corrected chi connectivity index (χ2v) is 4.58. The Balaban J connectivity index is 2.80. The summed E-state index contributed by atoms with van der Waals surface area (Å²) in [5.41, 5.74) is 7.02. The number of halogens is 3. The maximum absolute atomic E-state index is 12.5. The van der Waals surface area contributed by atoms with Crippen molar-refractivity contribution in [1.29, 1.82) is 0 Å². The van der Waals surface area contributed by atoms with Crippen LogP contribution in [0.3, 0.4) is 0 Å². The van der Waals surface area contributed by atoms with E-state index >= 15 is 0 Å². The topological polar surface area (TPSA) is 46.3 Å². The van der Waals surface area contributed by atoms with Crippen molar-refractivity contribution in [2.45, 2.75) is 32.5 Å². The zero-order chi connectivity index (χ0) is 15.2. The lowest BCUT2D eigenvalue weighted by atomic mass is 10.0. The van der Waals surface area contributed by atoms with Gasteiger partial charge in [0.2, 0.25) is 5.91 Å². The van der Waals surface area contributed by atoms with Crippen LogP contribution in [0.5, 0.6) is 0 Å². The van der Waals surface area contributed by atoms with E-state index in [1.165, 1.54) is 0 Å². The Kier molecular flexibility index (Phi) is 6.01. The fraction of sp³-hybridized carbons (Fsp3) is 0.500. The van der Waals surface area contributed by atoms with Crippen LogP contribution in [-0.4, -0.2) is 30.1 Å². The van der Waals surface area contributed by atoms with Gasteiger partial charge in [0.1, 0.15) is 6.54 Å².